The van der Waals surface area contributed by atoms with Crippen molar-refractivity contribution in [2.75, 3.05) is 13.7 Å². The monoisotopic (exact) mass is 215 g/mol. The fraction of sp³-hybridized carbons (Fsp3) is 1.00. The molecule has 0 aliphatic carbocycles. The fourth-order valence-electron chi connectivity index (χ4n) is 1.84. The molecule has 2 heteroatoms. The largest absolute Gasteiger partial charge is 0.380 e. The molecule has 0 heterocycles. The SMILES string of the molecule is COC(CNC(C)CC(C)C)C(C)(C)C. The minimum atomic E-state index is 0.208. The molecule has 0 rings (SSSR count). The van der Waals surface area contributed by atoms with E-state index in [1.807, 2.05) is 0 Å². The van der Waals surface area contributed by atoms with E-state index >= 15 is 0 Å². The van der Waals surface area contributed by atoms with E-state index in [1.165, 1.54) is 6.42 Å². The second-order valence-electron chi connectivity index (χ2n) is 6.03. The maximum Gasteiger partial charge on any atom is 0.0743 e. The Morgan fingerprint density at radius 2 is 1.67 bits per heavy atom. The molecule has 1 N–H and O–H groups in total. The van der Waals surface area contributed by atoms with Crippen molar-refractivity contribution in [3.05, 3.63) is 0 Å². The summed E-state index contributed by atoms with van der Waals surface area (Å²) in [5, 5.41) is 3.55. The van der Waals surface area contributed by atoms with Crippen molar-refractivity contribution in [3.8, 4) is 0 Å². The smallest absolute Gasteiger partial charge is 0.0743 e. The van der Waals surface area contributed by atoms with Gasteiger partial charge in [-0.15, -0.1) is 0 Å². The second kappa shape index (κ2) is 6.49. The van der Waals surface area contributed by atoms with E-state index in [0.717, 1.165) is 12.5 Å². The van der Waals surface area contributed by atoms with Crippen molar-refractivity contribution >= 4 is 0 Å². The Morgan fingerprint density at radius 1 is 1.13 bits per heavy atom. The average Bonchev–Trinajstić information content (AvgIpc) is 2.01. The maximum absolute atomic E-state index is 5.51. The molecule has 0 saturated heterocycles. The van der Waals surface area contributed by atoms with Crippen LogP contribution in [0.1, 0.15) is 48.0 Å². The van der Waals surface area contributed by atoms with Crippen molar-refractivity contribution in [3.63, 3.8) is 0 Å². The lowest BCUT2D eigenvalue weighted by atomic mass is 9.88. The number of rotatable bonds is 6. The molecule has 0 aliphatic rings. The van der Waals surface area contributed by atoms with Gasteiger partial charge in [-0.2, -0.15) is 0 Å². The summed E-state index contributed by atoms with van der Waals surface area (Å²) >= 11 is 0. The van der Waals surface area contributed by atoms with Crippen molar-refractivity contribution < 1.29 is 4.74 Å². The predicted molar refractivity (Wildman–Crippen MR) is 67.2 cm³/mol. The molecule has 0 aromatic carbocycles. The highest BCUT2D eigenvalue weighted by Gasteiger charge is 2.24. The van der Waals surface area contributed by atoms with Gasteiger partial charge >= 0.3 is 0 Å². The number of ether oxygens (including phenoxy) is 1. The zero-order chi connectivity index (χ0) is 12.1. The minimum Gasteiger partial charge on any atom is -0.380 e. The zero-order valence-electron chi connectivity index (χ0n) is 11.6. The molecule has 0 spiro atoms. The highest BCUT2D eigenvalue weighted by molar-refractivity contribution is 4.77. The van der Waals surface area contributed by atoms with Gasteiger partial charge in [-0.3, -0.25) is 0 Å². The van der Waals surface area contributed by atoms with Crippen molar-refractivity contribution in [2.24, 2.45) is 11.3 Å². The van der Waals surface area contributed by atoms with Crippen LogP contribution >= 0.6 is 0 Å². The predicted octanol–water partition coefficient (Wildman–Crippen LogP) is 3.07. The van der Waals surface area contributed by atoms with Crippen molar-refractivity contribution in [1.29, 1.82) is 0 Å². The summed E-state index contributed by atoms with van der Waals surface area (Å²) in [6.45, 7) is 14.4. The fourth-order valence-corrected chi connectivity index (χ4v) is 1.84. The molecule has 2 atom stereocenters. The third-order valence-corrected chi connectivity index (χ3v) is 2.73. The molecule has 0 bridgehead atoms. The van der Waals surface area contributed by atoms with Gasteiger partial charge in [-0.25, -0.2) is 0 Å². The molecular formula is C13H29NO. The van der Waals surface area contributed by atoms with Crippen LogP contribution < -0.4 is 5.32 Å². The molecule has 92 valence electrons. The Bertz CT molecular complexity index is 160. The van der Waals surface area contributed by atoms with Gasteiger partial charge < -0.3 is 10.1 Å². The highest BCUT2D eigenvalue weighted by atomic mass is 16.5. The standard InChI is InChI=1S/C13H29NO/c1-10(2)8-11(3)14-9-12(15-7)13(4,5)6/h10-12,14H,8-9H2,1-7H3. The van der Waals surface area contributed by atoms with E-state index in [-0.39, 0.29) is 11.5 Å². The molecular weight excluding hydrogens is 186 g/mol. The Morgan fingerprint density at radius 3 is 2.00 bits per heavy atom. The average molecular weight is 215 g/mol. The van der Waals surface area contributed by atoms with Gasteiger partial charge in [0.2, 0.25) is 0 Å². The summed E-state index contributed by atoms with van der Waals surface area (Å²) in [5.74, 6) is 0.753. The number of hydrogen-bond donors (Lipinski definition) is 1. The van der Waals surface area contributed by atoms with Crippen molar-refractivity contribution in [2.45, 2.75) is 60.1 Å². The first-order valence-electron chi connectivity index (χ1n) is 6.03. The van der Waals surface area contributed by atoms with Gasteiger partial charge in [0.1, 0.15) is 0 Å². The number of hydrogen-bond acceptors (Lipinski definition) is 2. The quantitative estimate of drug-likeness (QED) is 0.735. The van der Waals surface area contributed by atoms with Crippen LogP contribution in [0.3, 0.4) is 0 Å². The molecule has 0 aromatic heterocycles. The summed E-state index contributed by atoms with van der Waals surface area (Å²) in [7, 11) is 1.80. The second-order valence-corrected chi connectivity index (χ2v) is 6.03. The van der Waals surface area contributed by atoms with Gasteiger partial charge in [-0.05, 0) is 24.7 Å². The number of methoxy groups -OCH3 is 1. The summed E-state index contributed by atoms with van der Waals surface area (Å²) in [5.41, 5.74) is 0.208. The third kappa shape index (κ3) is 6.91. The maximum atomic E-state index is 5.51. The minimum absolute atomic E-state index is 0.208. The Hall–Kier alpha value is -0.0800. The lowest BCUT2D eigenvalue weighted by molar-refractivity contribution is 0.0156. The van der Waals surface area contributed by atoms with Gasteiger partial charge in [-0.1, -0.05) is 34.6 Å². The Labute approximate surface area is 95.8 Å². The van der Waals surface area contributed by atoms with Crippen LogP contribution in [-0.2, 0) is 4.74 Å². The number of nitrogens with one attached hydrogen (secondary N) is 1. The lowest BCUT2D eigenvalue weighted by Gasteiger charge is -2.31. The first-order valence-corrected chi connectivity index (χ1v) is 6.03. The Balaban J connectivity index is 3.91. The third-order valence-electron chi connectivity index (χ3n) is 2.73. The highest BCUT2D eigenvalue weighted by Crippen LogP contribution is 2.21. The summed E-state index contributed by atoms with van der Waals surface area (Å²) < 4.78 is 5.51. The molecule has 0 amide bonds. The van der Waals surface area contributed by atoms with E-state index < -0.39 is 0 Å². The van der Waals surface area contributed by atoms with E-state index in [0.29, 0.717) is 6.04 Å². The molecule has 0 saturated carbocycles. The van der Waals surface area contributed by atoms with E-state index in [4.69, 9.17) is 4.74 Å². The molecule has 2 nitrogen and oxygen atoms in total. The van der Waals surface area contributed by atoms with Crippen LogP contribution in [0.4, 0.5) is 0 Å². The summed E-state index contributed by atoms with van der Waals surface area (Å²) in [6, 6.07) is 0.574. The van der Waals surface area contributed by atoms with Crippen LogP contribution in [-0.4, -0.2) is 25.8 Å². The normalized spacial score (nSPS) is 16.8. The van der Waals surface area contributed by atoms with Gasteiger partial charge in [0.25, 0.3) is 0 Å². The van der Waals surface area contributed by atoms with Crippen LogP contribution in [0.5, 0.6) is 0 Å². The molecule has 0 fully saturated rings. The summed E-state index contributed by atoms with van der Waals surface area (Å²) in [6.07, 6.45) is 1.51. The molecule has 2 unspecified atom stereocenters. The zero-order valence-corrected chi connectivity index (χ0v) is 11.6. The summed E-state index contributed by atoms with van der Waals surface area (Å²) in [4.78, 5) is 0. The lowest BCUT2D eigenvalue weighted by Crippen LogP contribution is -2.41. The van der Waals surface area contributed by atoms with E-state index in [9.17, 15) is 0 Å². The molecule has 0 aromatic rings. The first-order chi connectivity index (χ1) is 6.77. The molecule has 15 heavy (non-hydrogen) atoms. The van der Waals surface area contributed by atoms with E-state index in [1.54, 1.807) is 7.11 Å². The van der Waals surface area contributed by atoms with Crippen LogP contribution in [0.2, 0.25) is 0 Å². The van der Waals surface area contributed by atoms with Crippen LogP contribution in [0.25, 0.3) is 0 Å². The van der Waals surface area contributed by atoms with Crippen LogP contribution in [0.15, 0.2) is 0 Å². The topological polar surface area (TPSA) is 21.3 Å². The van der Waals surface area contributed by atoms with Crippen LogP contribution in [0, 0.1) is 11.3 Å². The molecule has 0 aliphatic heterocycles. The van der Waals surface area contributed by atoms with Crippen molar-refractivity contribution in [1.82, 2.24) is 5.32 Å². The van der Waals surface area contributed by atoms with Gasteiger partial charge in [0.05, 0.1) is 6.10 Å². The van der Waals surface area contributed by atoms with E-state index in [2.05, 4.69) is 46.9 Å². The molecule has 0 radical (unpaired) electrons. The Kier molecular flexibility index (Phi) is 6.46. The van der Waals surface area contributed by atoms with Gasteiger partial charge in [0.15, 0.2) is 0 Å². The van der Waals surface area contributed by atoms with Gasteiger partial charge in [0, 0.05) is 19.7 Å². The first kappa shape index (κ1) is 14.9.